The summed E-state index contributed by atoms with van der Waals surface area (Å²) in [6.07, 6.45) is 3.66. The van der Waals surface area contributed by atoms with E-state index in [9.17, 15) is 14.9 Å². The summed E-state index contributed by atoms with van der Waals surface area (Å²) < 4.78 is 11.9. The number of carbonyl (C=O) groups is 1. The van der Waals surface area contributed by atoms with Crippen LogP contribution in [0.15, 0.2) is 45.7 Å². The number of nitrogens with zero attached hydrogens (tertiary/aromatic N) is 2. The number of carbonyl (C=O) groups excluding carboxylic acids is 1. The minimum absolute atomic E-state index is 0.0189. The average molecular weight is 416 g/mol. The van der Waals surface area contributed by atoms with Crippen molar-refractivity contribution >= 4 is 46.0 Å². The fraction of sp³-hybridized carbons (Fsp3) is 0.263. The molecule has 1 aromatic heterocycles. The number of thiocarbonyl (C=S) groups is 1. The molecule has 2 saturated heterocycles. The Morgan fingerprint density at radius 2 is 2.07 bits per heavy atom. The van der Waals surface area contributed by atoms with Crippen LogP contribution in [0.2, 0.25) is 0 Å². The molecule has 0 radical (unpaired) electrons. The highest BCUT2D eigenvalue weighted by Gasteiger charge is 2.34. The van der Waals surface area contributed by atoms with Crippen molar-refractivity contribution in [3.05, 3.63) is 57.2 Å². The maximum absolute atomic E-state index is 12.7. The van der Waals surface area contributed by atoms with E-state index in [1.807, 2.05) is 0 Å². The van der Waals surface area contributed by atoms with Gasteiger partial charge in [0.15, 0.2) is 0 Å². The Kier molecular flexibility index (Phi) is 5.29. The first-order valence-electron chi connectivity index (χ1n) is 8.73. The van der Waals surface area contributed by atoms with Gasteiger partial charge in [0.2, 0.25) is 0 Å². The number of ether oxygens (including phenoxy) is 1. The molecular formula is C19H16N2O5S2. The summed E-state index contributed by atoms with van der Waals surface area (Å²) in [5.41, 5.74) is 0.738. The lowest BCUT2D eigenvalue weighted by Crippen LogP contribution is -2.35. The van der Waals surface area contributed by atoms with Crippen molar-refractivity contribution < 1.29 is 18.9 Å². The largest absolute Gasteiger partial charge is 0.457 e. The van der Waals surface area contributed by atoms with Gasteiger partial charge in [-0.05, 0) is 37.1 Å². The number of hydrogen-bond acceptors (Lipinski definition) is 7. The molecule has 2 aromatic rings. The predicted octanol–water partition coefficient (Wildman–Crippen LogP) is 4.24. The molecule has 0 spiro atoms. The van der Waals surface area contributed by atoms with Crippen LogP contribution in [-0.4, -0.2) is 39.3 Å². The number of rotatable bonds is 5. The van der Waals surface area contributed by atoms with Crippen LogP contribution in [0.1, 0.15) is 18.6 Å². The van der Waals surface area contributed by atoms with Crippen molar-refractivity contribution in [2.45, 2.75) is 18.9 Å². The second-order valence-electron chi connectivity index (χ2n) is 6.43. The molecule has 7 nitrogen and oxygen atoms in total. The molecule has 1 atom stereocenters. The molecule has 0 N–H and O–H groups in total. The zero-order valence-electron chi connectivity index (χ0n) is 14.7. The number of hydrogen-bond donors (Lipinski definition) is 0. The number of amides is 1. The van der Waals surface area contributed by atoms with E-state index < -0.39 is 4.92 Å². The van der Waals surface area contributed by atoms with Crippen molar-refractivity contribution in [1.82, 2.24) is 4.90 Å². The molecule has 4 rings (SSSR count). The van der Waals surface area contributed by atoms with Gasteiger partial charge in [-0.15, -0.1) is 0 Å². The van der Waals surface area contributed by atoms with Crippen LogP contribution in [0, 0.1) is 10.1 Å². The summed E-state index contributed by atoms with van der Waals surface area (Å²) in [6.45, 7) is 1.21. The smallest absolute Gasteiger partial charge is 0.269 e. The van der Waals surface area contributed by atoms with E-state index in [4.69, 9.17) is 21.4 Å². The van der Waals surface area contributed by atoms with Crippen LogP contribution in [0.3, 0.4) is 0 Å². The van der Waals surface area contributed by atoms with Gasteiger partial charge >= 0.3 is 0 Å². The van der Waals surface area contributed by atoms with Crippen LogP contribution in [0.4, 0.5) is 5.69 Å². The topological polar surface area (TPSA) is 85.8 Å². The molecule has 9 heteroatoms. The summed E-state index contributed by atoms with van der Waals surface area (Å²) in [7, 11) is 0. The summed E-state index contributed by atoms with van der Waals surface area (Å²) in [6, 6.07) is 9.62. The highest BCUT2D eigenvalue weighted by atomic mass is 32.2. The molecule has 0 saturated carbocycles. The quantitative estimate of drug-likeness (QED) is 0.312. The summed E-state index contributed by atoms with van der Waals surface area (Å²) >= 11 is 6.60. The molecule has 1 aromatic carbocycles. The van der Waals surface area contributed by atoms with Crippen LogP contribution < -0.4 is 0 Å². The molecule has 2 fully saturated rings. The van der Waals surface area contributed by atoms with Gasteiger partial charge in [0.25, 0.3) is 11.6 Å². The maximum Gasteiger partial charge on any atom is 0.269 e. The third-order valence-electron chi connectivity index (χ3n) is 4.55. The summed E-state index contributed by atoms with van der Waals surface area (Å²) in [5, 5.41) is 10.8. The van der Waals surface area contributed by atoms with Crippen molar-refractivity contribution in [3.8, 4) is 11.3 Å². The van der Waals surface area contributed by atoms with Gasteiger partial charge in [0, 0.05) is 30.4 Å². The minimum atomic E-state index is -0.448. The molecule has 0 unspecified atom stereocenters. The Hall–Kier alpha value is -2.49. The van der Waals surface area contributed by atoms with Crippen LogP contribution >= 0.6 is 24.0 Å². The van der Waals surface area contributed by atoms with E-state index in [2.05, 4.69) is 0 Å². The Labute approximate surface area is 170 Å². The third kappa shape index (κ3) is 3.87. The highest BCUT2D eigenvalue weighted by molar-refractivity contribution is 8.26. The van der Waals surface area contributed by atoms with Gasteiger partial charge in [-0.2, -0.15) is 0 Å². The first-order valence-corrected chi connectivity index (χ1v) is 9.95. The first-order chi connectivity index (χ1) is 13.5. The standard InChI is InChI=1S/C19H16N2O5S2/c22-18-17(28-19(27)20(18)11-15-2-1-9-25-15)10-14-7-8-16(26-14)12-3-5-13(6-4-12)21(23)24/h3-8,10,15H,1-2,9,11H2/b17-10+/t15-/m0/s1. The summed E-state index contributed by atoms with van der Waals surface area (Å²) in [5.74, 6) is 0.945. The second-order valence-corrected chi connectivity index (χ2v) is 8.11. The van der Waals surface area contributed by atoms with E-state index in [-0.39, 0.29) is 17.7 Å². The molecule has 2 aliphatic heterocycles. The van der Waals surface area contributed by atoms with Crippen molar-refractivity contribution in [2.24, 2.45) is 0 Å². The average Bonchev–Trinajstić information content (AvgIpc) is 3.41. The predicted molar refractivity (Wildman–Crippen MR) is 110 cm³/mol. The van der Waals surface area contributed by atoms with Gasteiger partial charge in [-0.1, -0.05) is 24.0 Å². The van der Waals surface area contributed by atoms with Crippen molar-refractivity contribution in [2.75, 3.05) is 13.2 Å². The van der Waals surface area contributed by atoms with E-state index >= 15 is 0 Å². The van der Waals surface area contributed by atoms with Gasteiger partial charge in [0.05, 0.1) is 22.5 Å². The molecule has 2 aliphatic rings. The van der Waals surface area contributed by atoms with E-state index in [0.717, 1.165) is 25.0 Å². The van der Waals surface area contributed by atoms with Crippen molar-refractivity contribution in [1.29, 1.82) is 0 Å². The van der Waals surface area contributed by atoms with E-state index in [1.165, 1.54) is 23.9 Å². The maximum atomic E-state index is 12.7. The van der Waals surface area contributed by atoms with Gasteiger partial charge in [0.1, 0.15) is 15.8 Å². The Morgan fingerprint density at radius 1 is 1.29 bits per heavy atom. The Balaban J connectivity index is 1.49. The lowest BCUT2D eigenvalue weighted by Gasteiger charge is -2.18. The second kappa shape index (κ2) is 7.86. The minimum Gasteiger partial charge on any atom is -0.457 e. The highest BCUT2D eigenvalue weighted by Crippen LogP contribution is 2.34. The molecule has 1 amide bonds. The fourth-order valence-electron chi connectivity index (χ4n) is 3.11. The van der Waals surface area contributed by atoms with E-state index in [0.29, 0.717) is 27.3 Å². The van der Waals surface area contributed by atoms with Gasteiger partial charge < -0.3 is 9.15 Å². The molecular weight excluding hydrogens is 400 g/mol. The third-order valence-corrected chi connectivity index (χ3v) is 5.92. The van der Waals surface area contributed by atoms with Crippen molar-refractivity contribution in [3.63, 3.8) is 0 Å². The van der Waals surface area contributed by atoms with Crippen LogP contribution in [0.5, 0.6) is 0 Å². The number of thioether (sulfide) groups is 1. The number of nitro groups is 1. The molecule has 0 bridgehead atoms. The monoisotopic (exact) mass is 416 g/mol. The molecule has 3 heterocycles. The first kappa shape index (κ1) is 18.9. The lowest BCUT2D eigenvalue weighted by molar-refractivity contribution is -0.384. The number of non-ortho nitro benzene ring substituents is 1. The van der Waals surface area contributed by atoms with Crippen LogP contribution in [0.25, 0.3) is 17.4 Å². The molecule has 0 aliphatic carbocycles. The fourth-order valence-corrected chi connectivity index (χ4v) is 4.37. The zero-order valence-corrected chi connectivity index (χ0v) is 16.3. The van der Waals surface area contributed by atoms with E-state index in [1.54, 1.807) is 35.2 Å². The summed E-state index contributed by atoms with van der Waals surface area (Å²) in [4.78, 5) is 25.1. The SMILES string of the molecule is O=C1/C(=C\c2ccc(-c3ccc([N+](=O)[O-])cc3)o2)SC(=S)N1C[C@@H]1CCCO1. The van der Waals surface area contributed by atoms with Gasteiger partial charge in [-0.3, -0.25) is 19.8 Å². The molecule has 28 heavy (non-hydrogen) atoms. The number of furan rings is 1. The Bertz CT molecular complexity index is 961. The normalized spacial score (nSPS) is 21.1. The van der Waals surface area contributed by atoms with Gasteiger partial charge in [-0.25, -0.2) is 0 Å². The number of benzene rings is 1. The lowest BCUT2D eigenvalue weighted by atomic mass is 10.1. The number of nitro benzene ring substituents is 1. The Morgan fingerprint density at radius 3 is 2.75 bits per heavy atom. The molecule has 144 valence electrons. The zero-order chi connectivity index (χ0) is 19.7. The van der Waals surface area contributed by atoms with Crippen LogP contribution in [-0.2, 0) is 9.53 Å².